The van der Waals surface area contributed by atoms with Crippen LogP contribution in [0.15, 0.2) is 53.6 Å². The Hall–Kier alpha value is -3.22. The monoisotopic (exact) mass is 482 g/mol. The number of nitrogens with one attached hydrogen (secondary N) is 1. The van der Waals surface area contributed by atoms with E-state index in [0.29, 0.717) is 35.5 Å². The van der Waals surface area contributed by atoms with Crippen LogP contribution in [0.1, 0.15) is 20.4 Å². The van der Waals surface area contributed by atoms with E-state index in [2.05, 4.69) is 15.2 Å². The number of fused-ring (bicyclic) bond motifs is 1. The van der Waals surface area contributed by atoms with Crippen molar-refractivity contribution in [1.82, 2.24) is 9.88 Å². The SMILES string of the molecule is O=C1Nc2ccc(F)cc2/C1=C/c1cc(C(=O)N2CCN(c3ccccn3)CC2)c[se]1. The van der Waals surface area contributed by atoms with Crippen LogP contribution in [0.4, 0.5) is 15.9 Å². The van der Waals surface area contributed by atoms with E-state index in [1.54, 1.807) is 18.3 Å². The number of hydrogen-bond donors (Lipinski definition) is 1. The Bertz CT molecular complexity index is 1180. The molecule has 1 aromatic carbocycles. The molecule has 2 aromatic heterocycles. The van der Waals surface area contributed by atoms with Crippen LogP contribution in [0, 0.1) is 5.82 Å². The number of halogens is 1. The first-order chi connectivity index (χ1) is 15.1. The van der Waals surface area contributed by atoms with Crippen molar-refractivity contribution in [3.05, 3.63) is 75.0 Å². The predicted molar refractivity (Wildman–Crippen MR) is 119 cm³/mol. The van der Waals surface area contributed by atoms with E-state index in [0.717, 1.165) is 23.3 Å². The molecule has 8 heteroatoms. The van der Waals surface area contributed by atoms with Gasteiger partial charge in [-0.15, -0.1) is 0 Å². The molecule has 0 bridgehead atoms. The van der Waals surface area contributed by atoms with Crippen molar-refractivity contribution in [1.29, 1.82) is 0 Å². The average molecular weight is 481 g/mol. The molecule has 0 saturated carbocycles. The van der Waals surface area contributed by atoms with Gasteiger partial charge < -0.3 is 0 Å². The topological polar surface area (TPSA) is 65.5 Å². The van der Waals surface area contributed by atoms with E-state index in [1.807, 2.05) is 34.1 Å². The molecule has 4 heterocycles. The third kappa shape index (κ3) is 3.92. The summed E-state index contributed by atoms with van der Waals surface area (Å²) in [6.07, 6.45) is 3.55. The van der Waals surface area contributed by atoms with Gasteiger partial charge in [-0.3, -0.25) is 0 Å². The summed E-state index contributed by atoms with van der Waals surface area (Å²) >= 11 is -0.0515. The van der Waals surface area contributed by atoms with Gasteiger partial charge >= 0.3 is 185 Å². The molecule has 6 nitrogen and oxygen atoms in total. The Kier molecular flexibility index (Phi) is 5.18. The molecule has 5 rings (SSSR count). The normalized spacial score (nSPS) is 17.1. The van der Waals surface area contributed by atoms with Crippen LogP contribution < -0.4 is 10.2 Å². The molecule has 0 spiro atoms. The fraction of sp³-hybridized carbons (Fsp3) is 0.174. The van der Waals surface area contributed by atoms with E-state index >= 15 is 0 Å². The summed E-state index contributed by atoms with van der Waals surface area (Å²) in [6.45, 7) is 2.76. The Balaban J connectivity index is 1.29. The van der Waals surface area contributed by atoms with Crippen LogP contribution in [0.2, 0.25) is 0 Å². The van der Waals surface area contributed by atoms with Crippen molar-refractivity contribution in [2.45, 2.75) is 0 Å². The van der Waals surface area contributed by atoms with E-state index in [9.17, 15) is 14.0 Å². The maximum absolute atomic E-state index is 13.6. The first-order valence-electron chi connectivity index (χ1n) is 9.95. The first-order valence-corrected chi connectivity index (χ1v) is 11.8. The standard InChI is InChI=1S/C23H19FN4O2Se/c24-16-4-5-20-18(12-16)19(22(29)26-20)13-17-11-15(14-31-17)23(30)28-9-7-27(8-10-28)21-3-1-2-6-25-21/h1-6,11-14H,7-10H2,(H,26,29)/b19-13-. The molecule has 0 atom stereocenters. The summed E-state index contributed by atoms with van der Waals surface area (Å²) in [5.41, 5.74) is 2.27. The number of piperazine rings is 1. The van der Waals surface area contributed by atoms with Gasteiger partial charge in [0.1, 0.15) is 0 Å². The number of anilines is 2. The molecule has 156 valence electrons. The van der Waals surface area contributed by atoms with E-state index < -0.39 is 0 Å². The zero-order valence-electron chi connectivity index (χ0n) is 16.5. The molecule has 0 radical (unpaired) electrons. The van der Waals surface area contributed by atoms with Crippen LogP contribution >= 0.6 is 0 Å². The molecule has 3 aromatic rings. The second kappa shape index (κ2) is 8.13. The molecule has 1 fully saturated rings. The molecule has 2 aliphatic rings. The molecule has 0 unspecified atom stereocenters. The molecular weight excluding hydrogens is 462 g/mol. The molecule has 0 aliphatic carbocycles. The zero-order chi connectivity index (χ0) is 21.4. The van der Waals surface area contributed by atoms with E-state index in [4.69, 9.17) is 0 Å². The minimum atomic E-state index is -0.383. The second-order valence-electron chi connectivity index (χ2n) is 7.41. The average Bonchev–Trinajstić information content (AvgIpc) is 3.39. The predicted octanol–water partition coefficient (Wildman–Crippen LogP) is 2.73. The van der Waals surface area contributed by atoms with Crippen molar-refractivity contribution in [2.24, 2.45) is 0 Å². The van der Waals surface area contributed by atoms with Crippen LogP contribution in [0.5, 0.6) is 0 Å². The summed E-state index contributed by atoms with van der Waals surface area (Å²) in [7, 11) is 0. The Morgan fingerprint density at radius 1 is 1.13 bits per heavy atom. The van der Waals surface area contributed by atoms with Crippen LogP contribution in [0.25, 0.3) is 11.6 Å². The molecule has 2 amide bonds. The van der Waals surface area contributed by atoms with Crippen LogP contribution in [-0.4, -0.2) is 62.4 Å². The van der Waals surface area contributed by atoms with Crippen molar-refractivity contribution in [3.63, 3.8) is 0 Å². The summed E-state index contributed by atoms with van der Waals surface area (Å²) in [6, 6.07) is 11.9. The van der Waals surface area contributed by atoms with Gasteiger partial charge in [-0.05, 0) is 0 Å². The Labute approximate surface area is 184 Å². The molecule has 31 heavy (non-hydrogen) atoms. The number of amides is 2. The van der Waals surface area contributed by atoms with Crippen molar-refractivity contribution in [3.8, 4) is 0 Å². The number of nitrogens with zero attached hydrogens (tertiary/aromatic N) is 3. The summed E-state index contributed by atoms with van der Waals surface area (Å²) in [4.78, 5) is 35.7. The van der Waals surface area contributed by atoms with Gasteiger partial charge in [0.05, 0.1) is 0 Å². The third-order valence-electron chi connectivity index (χ3n) is 5.46. The fourth-order valence-electron chi connectivity index (χ4n) is 3.85. The first kappa shape index (κ1) is 19.7. The van der Waals surface area contributed by atoms with Gasteiger partial charge in [0, 0.05) is 0 Å². The van der Waals surface area contributed by atoms with Crippen molar-refractivity contribution in [2.75, 3.05) is 36.4 Å². The molecular formula is C23H19FN4O2Se. The van der Waals surface area contributed by atoms with Crippen LogP contribution in [-0.2, 0) is 4.79 Å². The molecule has 2 aliphatic heterocycles. The summed E-state index contributed by atoms with van der Waals surface area (Å²) in [5, 5.41) is 2.76. The maximum atomic E-state index is 13.6. The Morgan fingerprint density at radius 2 is 1.97 bits per heavy atom. The van der Waals surface area contributed by atoms with Gasteiger partial charge in [-0.2, -0.15) is 0 Å². The second-order valence-corrected chi connectivity index (χ2v) is 9.39. The molecule has 1 saturated heterocycles. The van der Waals surface area contributed by atoms with Gasteiger partial charge in [-0.1, -0.05) is 0 Å². The number of pyridine rings is 1. The van der Waals surface area contributed by atoms with Crippen molar-refractivity contribution < 1.29 is 14.0 Å². The summed E-state index contributed by atoms with van der Waals surface area (Å²) < 4.78 is 14.6. The van der Waals surface area contributed by atoms with Gasteiger partial charge in [0.15, 0.2) is 0 Å². The number of hydrogen-bond acceptors (Lipinski definition) is 4. The summed E-state index contributed by atoms with van der Waals surface area (Å²) in [5.74, 6) is 0.310. The Morgan fingerprint density at radius 3 is 2.74 bits per heavy atom. The minimum absolute atomic E-state index is 0.0123. The van der Waals surface area contributed by atoms with Crippen LogP contribution in [0.3, 0.4) is 0 Å². The number of carbonyl (C=O) groups excluding carboxylic acids is 2. The zero-order valence-corrected chi connectivity index (χ0v) is 18.3. The third-order valence-corrected chi connectivity index (χ3v) is 7.30. The van der Waals surface area contributed by atoms with E-state index in [1.165, 1.54) is 12.1 Å². The molecule has 1 N–H and O–H groups in total. The quantitative estimate of drug-likeness (QED) is 0.462. The van der Waals surface area contributed by atoms with Gasteiger partial charge in [0.25, 0.3) is 0 Å². The fourth-order valence-corrected chi connectivity index (χ4v) is 5.55. The number of rotatable bonds is 3. The van der Waals surface area contributed by atoms with Gasteiger partial charge in [0.2, 0.25) is 0 Å². The number of carbonyl (C=O) groups is 2. The van der Waals surface area contributed by atoms with Crippen molar-refractivity contribution >= 4 is 49.5 Å². The van der Waals surface area contributed by atoms with E-state index in [-0.39, 0.29) is 32.1 Å². The number of aromatic nitrogens is 1. The number of benzene rings is 1. The van der Waals surface area contributed by atoms with Gasteiger partial charge in [-0.25, -0.2) is 0 Å².